The summed E-state index contributed by atoms with van der Waals surface area (Å²) in [6, 6.07) is 14.1. The Balaban J connectivity index is 2.03. The number of fused-ring (bicyclic) bond motifs is 3. The predicted molar refractivity (Wildman–Crippen MR) is 79.1 cm³/mol. The molecule has 0 aliphatic heterocycles. The minimum Gasteiger partial charge on any atom is -0.456 e. The average Bonchev–Trinajstić information content (AvgIpc) is 2.78. The van der Waals surface area contributed by atoms with Crippen molar-refractivity contribution in [2.45, 2.75) is 5.75 Å². The van der Waals surface area contributed by atoms with Crippen molar-refractivity contribution in [3.05, 3.63) is 48.0 Å². The third kappa shape index (κ3) is 2.31. The monoisotopic (exact) mass is 271 g/mol. The highest BCUT2D eigenvalue weighted by molar-refractivity contribution is 7.99. The summed E-state index contributed by atoms with van der Waals surface area (Å²) in [5.41, 5.74) is 8.04. The first-order valence-electron chi connectivity index (χ1n) is 6.01. The van der Waals surface area contributed by atoms with E-state index in [1.54, 1.807) is 0 Å². The zero-order valence-corrected chi connectivity index (χ0v) is 11.1. The number of furan rings is 1. The van der Waals surface area contributed by atoms with Gasteiger partial charge in [-0.15, -0.1) is 11.8 Å². The zero-order chi connectivity index (χ0) is 13.2. The van der Waals surface area contributed by atoms with Crippen LogP contribution in [-0.4, -0.2) is 11.7 Å². The molecule has 0 saturated carbocycles. The Bertz CT molecular complexity index is 748. The number of primary amides is 1. The number of benzene rings is 2. The molecule has 1 aromatic heterocycles. The second kappa shape index (κ2) is 4.97. The lowest BCUT2D eigenvalue weighted by Gasteiger charge is -2.00. The molecule has 0 radical (unpaired) electrons. The summed E-state index contributed by atoms with van der Waals surface area (Å²) in [4.78, 5) is 10.8. The van der Waals surface area contributed by atoms with Crippen molar-refractivity contribution in [2.75, 3.05) is 5.75 Å². The third-order valence-corrected chi connectivity index (χ3v) is 3.99. The fourth-order valence-electron chi connectivity index (χ4n) is 2.18. The van der Waals surface area contributed by atoms with Gasteiger partial charge in [-0.1, -0.05) is 36.4 Å². The highest BCUT2D eigenvalue weighted by Crippen LogP contribution is 2.32. The smallest absolute Gasteiger partial charge is 0.227 e. The molecule has 0 bridgehead atoms. The molecular formula is C15H13NO2S. The number of rotatable bonds is 4. The second-order valence-corrected chi connectivity index (χ2v) is 5.34. The number of para-hydroxylation sites is 2. The molecule has 1 amide bonds. The largest absolute Gasteiger partial charge is 0.456 e. The standard InChI is InChI=1S/C15H13NO2S/c16-14(17)9-19-8-10-4-3-6-12-11-5-1-2-7-13(11)18-15(10)12/h1-7H,8-9H2,(H2,16,17). The zero-order valence-electron chi connectivity index (χ0n) is 10.3. The highest BCUT2D eigenvalue weighted by Gasteiger charge is 2.10. The number of thioether (sulfide) groups is 1. The maximum atomic E-state index is 10.8. The number of carbonyl (C=O) groups excluding carboxylic acids is 1. The van der Waals surface area contributed by atoms with Crippen molar-refractivity contribution < 1.29 is 9.21 Å². The first-order chi connectivity index (χ1) is 9.25. The van der Waals surface area contributed by atoms with Crippen LogP contribution >= 0.6 is 11.8 Å². The molecule has 1 heterocycles. The summed E-state index contributed by atoms with van der Waals surface area (Å²) >= 11 is 1.50. The van der Waals surface area contributed by atoms with Gasteiger partial charge in [-0.25, -0.2) is 0 Å². The summed E-state index contributed by atoms with van der Waals surface area (Å²) in [6.45, 7) is 0. The fraction of sp³-hybridized carbons (Fsp3) is 0.133. The number of hydrogen-bond acceptors (Lipinski definition) is 3. The molecule has 0 fully saturated rings. The van der Waals surface area contributed by atoms with Crippen LogP contribution in [0.1, 0.15) is 5.56 Å². The van der Waals surface area contributed by atoms with E-state index >= 15 is 0 Å². The summed E-state index contributed by atoms with van der Waals surface area (Å²) in [5, 5.41) is 2.24. The van der Waals surface area contributed by atoms with Crippen LogP contribution in [0, 0.1) is 0 Å². The lowest BCUT2D eigenvalue weighted by Crippen LogP contribution is -2.13. The Morgan fingerprint density at radius 1 is 1.11 bits per heavy atom. The van der Waals surface area contributed by atoms with E-state index in [9.17, 15) is 4.79 Å². The van der Waals surface area contributed by atoms with E-state index < -0.39 is 0 Å². The van der Waals surface area contributed by atoms with E-state index in [1.165, 1.54) is 11.8 Å². The Morgan fingerprint density at radius 3 is 2.74 bits per heavy atom. The third-order valence-electron chi connectivity index (χ3n) is 2.99. The maximum absolute atomic E-state index is 10.8. The van der Waals surface area contributed by atoms with Gasteiger partial charge in [0.05, 0.1) is 5.75 Å². The summed E-state index contributed by atoms with van der Waals surface area (Å²) < 4.78 is 5.91. The van der Waals surface area contributed by atoms with Gasteiger partial charge in [0.25, 0.3) is 0 Å². The molecule has 2 aromatic carbocycles. The van der Waals surface area contributed by atoms with E-state index in [1.807, 2.05) is 30.3 Å². The first-order valence-corrected chi connectivity index (χ1v) is 7.16. The Labute approximate surface area is 114 Å². The molecule has 0 aliphatic carbocycles. The van der Waals surface area contributed by atoms with E-state index in [-0.39, 0.29) is 5.91 Å². The summed E-state index contributed by atoms with van der Waals surface area (Å²) in [5.74, 6) is 0.762. The number of amides is 1. The number of carbonyl (C=O) groups is 1. The van der Waals surface area contributed by atoms with Gasteiger partial charge >= 0.3 is 0 Å². The van der Waals surface area contributed by atoms with Gasteiger partial charge in [0.1, 0.15) is 11.2 Å². The molecule has 3 rings (SSSR count). The van der Waals surface area contributed by atoms with Crippen molar-refractivity contribution in [3.63, 3.8) is 0 Å². The van der Waals surface area contributed by atoms with Crippen LogP contribution < -0.4 is 5.73 Å². The van der Waals surface area contributed by atoms with Gasteiger partial charge in [0, 0.05) is 22.1 Å². The molecule has 4 heteroatoms. The molecule has 3 aromatic rings. The van der Waals surface area contributed by atoms with Gasteiger partial charge in [-0.2, -0.15) is 0 Å². The highest BCUT2D eigenvalue weighted by atomic mass is 32.2. The molecule has 2 N–H and O–H groups in total. The average molecular weight is 271 g/mol. The van der Waals surface area contributed by atoms with E-state index in [0.29, 0.717) is 5.75 Å². The van der Waals surface area contributed by atoms with Crippen molar-refractivity contribution >= 4 is 39.6 Å². The summed E-state index contributed by atoms with van der Waals surface area (Å²) in [7, 11) is 0. The molecule has 19 heavy (non-hydrogen) atoms. The molecule has 0 saturated heterocycles. The molecule has 0 aliphatic rings. The Morgan fingerprint density at radius 2 is 1.89 bits per heavy atom. The molecule has 0 unspecified atom stereocenters. The van der Waals surface area contributed by atoms with Crippen molar-refractivity contribution in [2.24, 2.45) is 5.73 Å². The van der Waals surface area contributed by atoms with E-state index in [2.05, 4.69) is 12.1 Å². The van der Waals surface area contributed by atoms with Gasteiger partial charge in [0.15, 0.2) is 0 Å². The van der Waals surface area contributed by atoms with E-state index in [4.69, 9.17) is 10.2 Å². The molecule has 3 nitrogen and oxygen atoms in total. The van der Waals surface area contributed by atoms with Crippen LogP contribution in [0.5, 0.6) is 0 Å². The molecular weight excluding hydrogens is 258 g/mol. The minimum atomic E-state index is -0.290. The van der Waals surface area contributed by atoms with Crippen molar-refractivity contribution in [3.8, 4) is 0 Å². The molecule has 0 atom stereocenters. The molecule has 96 valence electrons. The lowest BCUT2D eigenvalue weighted by atomic mass is 10.1. The number of hydrogen-bond donors (Lipinski definition) is 1. The van der Waals surface area contributed by atoms with Gasteiger partial charge < -0.3 is 10.2 Å². The van der Waals surface area contributed by atoms with Gasteiger partial charge in [0.2, 0.25) is 5.91 Å². The van der Waals surface area contributed by atoms with Crippen LogP contribution in [0.2, 0.25) is 0 Å². The van der Waals surface area contributed by atoms with Crippen LogP contribution in [0.25, 0.3) is 21.9 Å². The lowest BCUT2D eigenvalue weighted by molar-refractivity contribution is -0.115. The first kappa shape index (κ1) is 12.1. The minimum absolute atomic E-state index is 0.290. The SMILES string of the molecule is NC(=O)CSCc1cccc2c1oc1ccccc12. The predicted octanol–water partition coefficient (Wildman–Crippen LogP) is 3.30. The number of nitrogens with two attached hydrogens (primary N) is 1. The van der Waals surface area contributed by atoms with Crippen molar-refractivity contribution in [1.82, 2.24) is 0 Å². The fourth-order valence-corrected chi connectivity index (χ4v) is 2.93. The van der Waals surface area contributed by atoms with Gasteiger partial charge in [-0.3, -0.25) is 4.79 Å². The van der Waals surface area contributed by atoms with Crippen LogP contribution in [-0.2, 0) is 10.5 Å². The van der Waals surface area contributed by atoms with Crippen LogP contribution in [0.15, 0.2) is 46.9 Å². The van der Waals surface area contributed by atoms with Gasteiger partial charge in [-0.05, 0) is 6.07 Å². The second-order valence-electron chi connectivity index (χ2n) is 4.35. The van der Waals surface area contributed by atoms with E-state index in [0.717, 1.165) is 33.3 Å². The van der Waals surface area contributed by atoms with Crippen LogP contribution in [0.3, 0.4) is 0 Å². The normalized spacial score (nSPS) is 11.2. The topological polar surface area (TPSA) is 56.2 Å². The molecule has 0 spiro atoms. The van der Waals surface area contributed by atoms with Crippen molar-refractivity contribution in [1.29, 1.82) is 0 Å². The Hall–Kier alpha value is -1.94. The quantitative estimate of drug-likeness (QED) is 0.792. The Kier molecular flexibility index (Phi) is 3.17. The summed E-state index contributed by atoms with van der Waals surface area (Å²) in [6.07, 6.45) is 0. The van der Waals surface area contributed by atoms with Crippen LogP contribution in [0.4, 0.5) is 0 Å². The maximum Gasteiger partial charge on any atom is 0.227 e.